The fraction of sp³-hybridized carbons (Fsp3) is 0.400. The molecule has 0 spiro atoms. The Balaban J connectivity index is 0.000000277. The Labute approximate surface area is 229 Å². The van der Waals surface area contributed by atoms with Crippen LogP contribution < -0.4 is 0 Å². The van der Waals surface area contributed by atoms with Gasteiger partial charge in [-0.25, -0.2) is 0 Å². The molecule has 0 fully saturated rings. The van der Waals surface area contributed by atoms with Gasteiger partial charge in [-0.3, -0.25) is 0 Å². The van der Waals surface area contributed by atoms with Gasteiger partial charge in [0.05, 0.1) is 0 Å². The van der Waals surface area contributed by atoms with E-state index in [4.69, 9.17) is 17.0 Å². The van der Waals surface area contributed by atoms with Crippen LogP contribution in [0.1, 0.15) is 58.4 Å². The zero-order chi connectivity index (χ0) is 26.0. The van der Waals surface area contributed by atoms with Crippen LogP contribution >= 0.6 is 17.0 Å². The number of aryl methyl sites for hydroxylation is 8. The van der Waals surface area contributed by atoms with Gasteiger partial charge in [0.25, 0.3) is 0 Å². The molecule has 0 unspecified atom stereocenters. The summed E-state index contributed by atoms with van der Waals surface area (Å²) in [5.74, 6) is 0. The molecule has 4 heteroatoms. The third-order valence-electron chi connectivity index (χ3n) is 6.52. The number of fused-ring (bicyclic) bond motifs is 2. The Kier molecular flexibility index (Phi) is 14.3. The van der Waals surface area contributed by atoms with Gasteiger partial charge in [0.1, 0.15) is 0 Å². The Morgan fingerprint density at radius 2 is 0.971 bits per heavy atom. The number of hydrogen-bond donors (Lipinski definition) is 0. The van der Waals surface area contributed by atoms with Gasteiger partial charge in [-0.1, -0.05) is 91.7 Å². The van der Waals surface area contributed by atoms with Crippen molar-refractivity contribution in [2.45, 2.75) is 81.3 Å². The molecule has 0 aliphatic rings. The summed E-state index contributed by atoms with van der Waals surface area (Å²) in [5.41, 5.74) is 11.5. The Bertz CT molecular complexity index is 1090. The zero-order valence-corrected chi connectivity index (χ0v) is 27.6. The van der Waals surface area contributed by atoms with Gasteiger partial charge in [-0.05, 0) is 12.8 Å². The van der Waals surface area contributed by atoms with Crippen molar-refractivity contribution < 1.29 is 20.8 Å². The summed E-state index contributed by atoms with van der Waals surface area (Å²) in [4.78, 5) is 0. The summed E-state index contributed by atoms with van der Waals surface area (Å²) in [6, 6.07) is 13.6. The van der Waals surface area contributed by atoms with Crippen LogP contribution in [0.25, 0.3) is 21.5 Å². The molecule has 0 atom stereocenters. The SMILES string of the molecule is CCc1ccc(C)c2[cH-]c(C)c(C)c12.CCc1ccc(C)c2[cH-]c(C)c(C)c12.C[Si]C.[Cl][Zr+2][Cl]. The first-order valence-electron chi connectivity index (χ1n) is 12.0. The molecule has 182 valence electrons. The molecule has 2 radical (unpaired) electrons. The van der Waals surface area contributed by atoms with E-state index >= 15 is 0 Å². The van der Waals surface area contributed by atoms with Crippen LogP contribution in [-0.2, 0) is 33.7 Å². The second-order valence-electron chi connectivity index (χ2n) is 8.84. The summed E-state index contributed by atoms with van der Waals surface area (Å²) in [6.45, 7) is 22.0. The van der Waals surface area contributed by atoms with Crippen LogP contribution in [0.4, 0.5) is 0 Å². The molecule has 0 N–H and O–H groups in total. The Morgan fingerprint density at radius 1 is 0.676 bits per heavy atom. The van der Waals surface area contributed by atoms with E-state index in [9.17, 15) is 0 Å². The summed E-state index contributed by atoms with van der Waals surface area (Å²) in [5, 5.41) is 5.87. The van der Waals surface area contributed by atoms with E-state index in [0.717, 1.165) is 22.4 Å². The van der Waals surface area contributed by atoms with E-state index in [1.54, 1.807) is 0 Å². The number of halogens is 2. The van der Waals surface area contributed by atoms with Crippen LogP contribution in [0.3, 0.4) is 0 Å². The average Bonchev–Trinajstić information content (AvgIpc) is 3.28. The first-order valence-corrected chi connectivity index (χ1v) is 20.3. The first kappa shape index (κ1) is 31.4. The van der Waals surface area contributed by atoms with Crippen LogP contribution in [-0.4, -0.2) is 9.52 Å². The molecular weight excluding hydrogens is 551 g/mol. The van der Waals surface area contributed by atoms with Crippen molar-refractivity contribution in [2.24, 2.45) is 0 Å². The van der Waals surface area contributed by atoms with E-state index in [0.29, 0.717) is 0 Å². The minimum atomic E-state index is -0.826. The number of hydrogen-bond acceptors (Lipinski definition) is 0. The van der Waals surface area contributed by atoms with Gasteiger partial charge >= 0.3 is 37.9 Å². The summed E-state index contributed by atoms with van der Waals surface area (Å²) < 4.78 is 0. The van der Waals surface area contributed by atoms with Gasteiger partial charge < -0.3 is 0 Å². The van der Waals surface area contributed by atoms with Gasteiger partial charge in [-0.15, -0.1) is 68.1 Å². The fourth-order valence-electron chi connectivity index (χ4n) is 4.43. The number of benzene rings is 2. The molecule has 0 saturated carbocycles. The van der Waals surface area contributed by atoms with Crippen molar-refractivity contribution in [1.29, 1.82) is 0 Å². The summed E-state index contributed by atoms with van der Waals surface area (Å²) in [6.07, 6.45) is 2.25. The van der Waals surface area contributed by atoms with Crippen LogP contribution in [0.2, 0.25) is 13.1 Å². The third-order valence-corrected chi connectivity index (χ3v) is 6.52. The molecule has 0 aliphatic heterocycles. The van der Waals surface area contributed by atoms with Gasteiger partial charge in [0.15, 0.2) is 0 Å². The van der Waals surface area contributed by atoms with E-state index in [1.807, 2.05) is 0 Å². The van der Waals surface area contributed by atoms with Crippen LogP contribution in [0.5, 0.6) is 0 Å². The maximum absolute atomic E-state index is 4.93. The van der Waals surface area contributed by atoms with Crippen molar-refractivity contribution in [1.82, 2.24) is 0 Å². The van der Waals surface area contributed by atoms with Crippen molar-refractivity contribution in [3.05, 3.63) is 80.9 Å². The standard InChI is InChI=1S/2C14H17.C2H6Si.2ClH.Zr/c2*1-5-12-7-6-9(2)13-8-10(3)11(4)14(12)13;1-3-2;;;/h2*6-8H,5H2,1-4H3;1-2H3;2*1H;/q2*-1;;;;+4/p-2. The van der Waals surface area contributed by atoms with Crippen molar-refractivity contribution in [3.8, 4) is 0 Å². The molecule has 4 aromatic carbocycles. The second-order valence-corrected chi connectivity index (χ2v) is 13.6. The molecule has 4 rings (SSSR count). The second kappa shape index (κ2) is 15.5. The van der Waals surface area contributed by atoms with Gasteiger partial charge in [-0.2, -0.15) is 11.1 Å². The monoisotopic (exact) mass is 588 g/mol. The van der Waals surface area contributed by atoms with E-state index in [-0.39, 0.29) is 0 Å². The molecular formula is C30H40Cl2SiZr. The maximum atomic E-state index is 4.93. The van der Waals surface area contributed by atoms with E-state index in [2.05, 4.69) is 105 Å². The molecule has 34 heavy (non-hydrogen) atoms. The molecule has 0 aromatic heterocycles. The normalized spacial score (nSPS) is 10.0. The molecule has 0 amide bonds. The number of rotatable bonds is 2. The topological polar surface area (TPSA) is 0 Å². The predicted molar refractivity (Wildman–Crippen MR) is 155 cm³/mol. The minimum absolute atomic E-state index is 0.826. The summed E-state index contributed by atoms with van der Waals surface area (Å²) in [7, 11) is 11.0. The molecule has 0 heterocycles. The van der Waals surface area contributed by atoms with Gasteiger partial charge in [0.2, 0.25) is 0 Å². The first-order chi connectivity index (χ1) is 16.1. The third kappa shape index (κ3) is 7.67. The van der Waals surface area contributed by atoms with Crippen molar-refractivity contribution in [2.75, 3.05) is 0 Å². The molecule has 0 nitrogen and oxygen atoms in total. The predicted octanol–water partition coefficient (Wildman–Crippen LogP) is 10.3. The van der Waals surface area contributed by atoms with E-state index < -0.39 is 20.8 Å². The Morgan fingerprint density at radius 3 is 1.24 bits per heavy atom. The zero-order valence-electron chi connectivity index (χ0n) is 22.6. The van der Waals surface area contributed by atoms with Crippen molar-refractivity contribution in [3.63, 3.8) is 0 Å². The fourth-order valence-corrected chi connectivity index (χ4v) is 4.43. The quantitative estimate of drug-likeness (QED) is 0.161. The molecule has 0 saturated heterocycles. The molecule has 0 bridgehead atoms. The van der Waals surface area contributed by atoms with Crippen molar-refractivity contribution >= 4 is 48.1 Å². The average molecular weight is 591 g/mol. The van der Waals surface area contributed by atoms with Crippen LogP contribution in [0, 0.1) is 41.5 Å². The molecule has 0 aliphatic carbocycles. The van der Waals surface area contributed by atoms with Gasteiger partial charge in [0, 0.05) is 9.52 Å². The van der Waals surface area contributed by atoms with E-state index in [1.165, 1.54) is 66.1 Å². The Hall–Kier alpha value is -0.660. The summed E-state index contributed by atoms with van der Waals surface area (Å²) >= 11 is -0.826. The molecule has 4 aromatic rings. The van der Waals surface area contributed by atoms with Crippen LogP contribution in [0.15, 0.2) is 36.4 Å².